The number of carboxylic acids is 1. The summed E-state index contributed by atoms with van der Waals surface area (Å²) in [4.78, 5) is 39.1. The van der Waals surface area contributed by atoms with Gasteiger partial charge in [-0.05, 0) is 29.0 Å². The number of rotatable bonds is 9. The Kier molecular flexibility index (Phi) is 7.88. The van der Waals surface area contributed by atoms with Gasteiger partial charge in [0.25, 0.3) is 0 Å². The van der Waals surface area contributed by atoms with Gasteiger partial charge in [-0.1, -0.05) is 29.1 Å². The molecular formula is C22H15N5O4S4. The average Bonchev–Trinajstić information content (AvgIpc) is 3.63. The number of hydrogen-bond acceptors (Lipinski definition) is 11. The molecular weight excluding hydrogens is 527 g/mol. The van der Waals surface area contributed by atoms with Crippen molar-refractivity contribution >= 4 is 68.5 Å². The number of thiophene rings is 2. The number of anilines is 1. The standard InChI is InChI=1S/C22H15N5O4S4/c1-31-27-19(21(29)30)15-10-35-22(25-15)26-18(28)11-34-20-13(9-23)12(16-4-2-6-32-16)8-14(24-20)17-5-3-7-33-17/h2-8,10H,11H2,1H3,(H,29,30)(H,25,26,28)/b27-19+. The number of pyridine rings is 1. The second-order valence-electron chi connectivity index (χ2n) is 6.60. The third-order valence-corrected chi connectivity index (χ3v) is 7.91. The number of aliphatic carboxylic acids is 1. The molecule has 0 radical (unpaired) electrons. The zero-order valence-electron chi connectivity index (χ0n) is 17.9. The Bertz CT molecular complexity index is 1420. The predicted molar refractivity (Wildman–Crippen MR) is 138 cm³/mol. The highest BCUT2D eigenvalue weighted by Gasteiger charge is 2.20. The van der Waals surface area contributed by atoms with E-state index in [0.29, 0.717) is 10.6 Å². The van der Waals surface area contributed by atoms with E-state index in [0.717, 1.165) is 44.1 Å². The molecule has 0 fully saturated rings. The first-order valence-corrected chi connectivity index (χ1v) is 13.4. The number of hydrogen-bond donors (Lipinski definition) is 2. The van der Waals surface area contributed by atoms with Crippen LogP contribution in [0.3, 0.4) is 0 Å². The van der Waals surface area contributed by atoms with Crippen LogP contribution in [0.15, 0.2) is 56.7 Å². The first-order chi connectivity index (χ1) is 17.0. The summed E-state index contributed by atoms with van der Waals surface area (Å²) in [5, 5.41) is 31.2. The van der Waals surface area contributed by atoms with E-state index in [2.05, 4.69) is 31.3 Å². The second-order valence-corrected chi connectivity index (χ2v) is 10.3. The van der Waals surface area contributed by atoms with Gasteiger partial charge in [-0.2, -0.15) is 5.26 Å². The smallest absolute Gasteiger partial charge is 0.360 e. The number of carbonyl (C=O) groups is 2. The van der Waals surface area contributed by atoms with Crippen molar-refractivity contribution in [3.05, 3.63) is 57.7 Å². The van der Waals surface area contributed by atoms with E-state index < -0.39 is 5.97 Å². The van der Waals surface area contributed by atoms with E-state index in [1.165, 1.54) is 23.8 Å². The molecule has 4 aromatic heterocycles. The number of thiazole rings is 1. The van der Waals surface area contributed by atoms with Crippen molar-refractivity contribution in [3.63, 3.8) is 0 Å². The number of amides is 1. The average molecular weight is 542 g/mol. The summed E-state index contributed by atoms with van der Waals surface area (Å²) >= 11 is 5.28. The van der Waals surface area contributed by atoms with E-state index in [-0.39, 0.29) is 28.2 Å². The molecule has 0 aliphatic carbocycles. The van der Waals surface area contributed by atoms with Crippen molar-refractivity contribution in [1.29, 1.82) is 5.26 Å². The molecule has 4 heterocycles. The zero-order valence-corrected chi connectivity index (χ0v) is 21.2. The number of nitrogens with one attached hydrogen (secondary N) is 1. The largest absolute Gasteiger partial charge is 0.476 e. The molecule has 176 valence electrons. The number of carbonyl (C=O) groups excluding carboxylic acids is 1. The van der Waals surface area contributed by atoms with E-state index in [4.69, 9.17) is 0 Å². The van der Waals surface area contributed by atoms with Gasteiger partial charge in [0.2, 0.25) is 11.6 Å². The maximum atomic E-state index is 12.6. The van der Waals surface area contributed by atoms with Crippen LogP contribution in [0.1, 0.15) is 11.3 Å². The van der Waals surface area contributed by atoms with E-state index >= 15 is 0 Å². The number of thioether (sulfide) groups is 1. The number of carboxylic acid groups (broad SMARTS) is 1. The van der Waals surface area contributed by atoms with Crippen LogP contribution in [0.4, 0.5) is 5.13 Å². The molecule has 2 N–H and O–H groups in total. The van der Waals surface area contributed by atoms with Gasteiger partial charge in [0.1, 0.15) is 23.9 Å². The topological polar surface area (TPSA) is 138 Å². The van der Waals surface area contributed by atoms with Crippen LogP contribution >= 0.6 is 45.8 Å². The SMILES string of the molecule is CO/N=C(/C(=O)O)c1csc(NC(=O)CSc2nc(-c3cccs3)cc(-c3cccs3)c2C#N)n1. The highest BCUT2D eigenvalue weighted by Crippen LogP contribution is 2.37. The second kappa shape index (κ2) is 11.2. The first kappa shape index (κ1) is 24.6. The summed E-state index contributed by atoms with van der Waals surface area (Å²) in [5.74, 6) is -1.69. The van der Waals surface area contributed by atoms with Gasteiger partial charge in [0, 0.05) is 15.8 Å². The molecule has 0 atom stereocenters. The van der Waals surface area contributed by atoms with E-state index in [1.807, 2.05) is 41.1 Å². The van der Waals surface area contributed by atoms with Crippen molar-refractivity contribution in [2.24, 2.45) is 5.16 Å². The molecule has 35 heavy (non-hydrogen) atoms. The minimum absolute atomic E-state index is 0.0215. The van der Waals surface area contributed by atoms with Gasteiger partial charge in [0.05, 0.1) is 21.9 Å². The zero-order chi connectivity index (χ0) is 24.8. The van der Waals surface area contributed by atoms with Crippen LogP contribution < -0.4 is 5.32 Å². The normalized spacial score (nSPS) is 11.1. The van der Waals surface area contributed by atoms with Crippen LogP contribution in [0.2, 0.25) is 0 Å². The maximum Gasteiger partial charge on any atom is 0.360 e. The van der Waals surface area contributed by atoms with Crippen LogP contribution in [0.25, 0.3) is 21.0 Å². The fraction of sp³-hybridized carbons (Fsp3) is 0.0909. The summed E-state index contributed by atoms with van der Waals surface area (Å²) in [6, 6.07) is 11.9. The van der Waals surface area contributed by atoms with Crippen LogP contribution in [0.5, 0.6) is 0 Å². The quantitative estimate of drug-likeness (QED) is 0.171. The highest BCUT2D eigenvalue weighted by molar-refractivity contribution is 8.00. The molecule has 1 amide bonds. The van der Waals surface area contributed by atoms with Crippen molar-refractivity contribution in [2.45, 2.75) is 5.03 Å². The third kappa shape index (κ3) is 5.75. The molecule has 0 aromatic carbocycles. The molecule has 4 aromatic rings. The Morgan fingerprint density at radius 2 is 1.94 bits per heavy atom. The van der Waals surface area contributed by atoms with Crippen molar-refractivity contribution in [1.82, 2.24) is 9.97 Å². The highest BCUT2D eigenvalue weighted by atomic mass is 32.2. The van der Waals surface area contributed by atoms with Crippen LogP contribution in [-0.2, 0) is 14.4 Å². The lowest BCUT2D eigenvalue weighted by atomic mass is 10.1. The molecule has 0 saturated heterocycles. The van der Waals surface area contributed by atoms with Crippen LogP contribution in [-0.4, -0.2) is 45.5 Å². The molecule has 4 rings (SSSR count). The van der Waals surface area contributed by atoms with E-state index in [9.17, 15) is 20.0 Å². The Balaban J connectivity index is 1.55. The fourth-order valence-corrected chi connectivity index (χ4v) is 5.88. The molecule has 0 spiro atoms. The maximum absolute atomic E-state index is 12.6. The summed E-state index contributed by atoms with van der Waals surface area (Å²) in [7, 11) is 1.23. The summed E-state index contributed by atoms with van der Waals surface area (Å²) < 4.78 is 0. The lowest BCUT2D eigenvalue weighted by Gasteiger charge is -2.10. The van der Waals surface area contributed by atoms with E-state index in [1.54, 1.807) is 11.3 Å². The third-order valence-electron chi connectivity index (χ3n) is 4.38. The first-order valence-electron chi connectivity index (χ1n) is 9.76. The van der Waals surface area contributed by atoms with Gasteiger partial charge < -0.3 is 15.3 Å². The van der Waals surface area contributed by atoms with Crippen molar-refractivity contribution in [3.8, 4) is 27.1 Å². The Labute approximate surface area is 215 Å². The number of nitriles is 1. The predicted octanol–water partition coefficient (Wildman–Crippen LogP) is 5.03. The molecule has 0 aliphatic heterocycles. The lowest BCUT2D eigenvalue weighted by molar-refractivity contribution is -0.129. The van der Waals surface area contributed by atoms with Gasteiger partial charge in [0.15, 0.2) is 5.13 Å². The van der Waals surface area contributed by atoms with Gasteiger partial charge >= 0.3 is 5.97 Å². The summed E-state index contributed by atoms with van der Waals surface area (Å²) in [6.07, 6.45) is 0. The molecule has 9 nitrogen and oxygen atoms in total. The molecule has 0 aliphatic rings. The fourth-order valence-electron chi connectivity index (χ4n) is 2.93. The molecule has 0 bridgehead atoms. The number of oxime groups is 1. The Hall–Kier alpha value is -3.57. The number of aromatic nitrogens is 2. The molecule has 13 heteroatoms. The van der Waals surface area contributed by atoms with Gasteiger partial charge in [-0.3, -0.25) is 4.79 Å². The lowest BCUT2D eigenvalue weighted by Crippen LogP contribution is -2.17. The molecule has 0 unspecified atom stereocenters. The Morgan fingerprint density at radius 1 is 1.20 bits per heavy atom. The monoisotopic (exact) mass is 541 g/mol. The summed E-state index contributed by atoms with van der Waals surface area (Å²) in [6.45, 7) is 0. The minimum atomic E-state index is -1.30. The Morgan fingerprint density at radius 3 is 2.57 bits per heavy atom. The number of nitrogens with zero attached hydrogens (tertiary/aromatic N) is 4. The van der Waals surface area contributed by atoms with Gasteiger partial charge in [-0.25, -0.2) is 14.8 Å². The van der Waals surface area contributed by atoms with Crippen LogP contribution in [0, 0.1) is 11.3 Å². The summed E-state index contributed by atoms with van der Waals surface area (Å²) in [5.41, 5.74) is 1.61. The van der Waals surface area contributed by atoms with Crippen molar-refractivity contribution in [2.75, 3.05) is 18.2 Å². The minimum Gasteiger partial charge on any atom is -0.476 e. The van der Waals surface area contributed by atoms with Gasteiger partial charge in [-0.15, -0.1) is 34.0 Å². The van der Waals surface area contributed by atoms with Crippen molar-refractivity contribution < 1.29 is 19.5 Å². The molecule has 0 saturated carbocycles.